The smallest absolute Gasteiger partial charge is 0.151 e. The highest BCUT2D eigenvalue weighted by molar-refractivity contribution is 8.06. The predicted molar refractivity (Wildman–Crippen MR) is 142 cm³/mol. The van der Waals surface area contributed by atoms with E-state index in [0.29, 0.717) is 43.9 Å². The molecule has 0 atom stereocenters. The van der Waals surface area contributed by atoms with Gasteiger partial charge in [-0.3, -0.25) is 0 Å². The van der Waals surface area contributed by atoms with E-state index in [-0.39, 0.29) is 0 Å². The highest BCUT2D eigenvalue weighted by Gasteiger charge is 2.32. The van der Waals surface area contributed by atoms with Crippen LogP contribution in [0.4, 0.5) is 21.5 Å². The van der Waals surface area contributed by atoms with Crippen LogP contribution in [-0.2, 0) is 0 Å². The first-order valence-corrected chi connectivity index (χ1v) is 12.8. The van der Waals surface area contributed by atoms with Crippen molar-refractivity contribution in [1.29, 1.82) is 10.5 Å². The fraction of sp³-hybridized carbons (Fsp3) is 0. The van der Waals surface area contributed by atoms with Crippen molar-refractivity contribution in [2.45, 2.75) is 10.1 Å². The summed E-state index contributed by atoms with van der Waals surface area (Å²) in [4.78, 5) is 11.4. The lowest BCUT2D eigenvalue weighted by atomic mass is 10.00. The Morgan fingerprint density at radius 3 is 1.95 bits per heavy atom. The maximum Gasteiger partial charge on any atom is 0.151 e. The maximum absolute atomic E-state index is 15.2. The van der Waals surface area contributed by atoms with E-state index in [0.717, 1.165) is 51.5 Å². The standard InChI is InChI=1S/C28H12FN5OS2/c29-15-11-17-19(34-20-5-1-3-7-22(20)35-23-8-4-2-6-21(23)34)10-9-16-24(17)18(12-15)26-25(16)32-27(36-13-30)28(33-26)37-14-31/h1-12H. The molecule has 7 rings (SSSR count). The third-order valence-corrected chi connectivity index (χ3v) is 7.63. The second-order valence-corrected chi connectivity index (χ2v) is 9.85. The number of hydrogen-bond donors (Lipinski definition) is 0. The molecule has 0 saturated carbocycles. The van der Waals surface area contributed by atoms with E-state index in [1.165, 1.54) is 12.1 Å². The molecule has 5 aromatic rings. The molecule has 37 heavy (non-hydrogen) atoms. The minimum absolute atomic E-state index is 0.328. The third-order valence-electron chi connectivity index (χ3n) is 6.36. The van der Waals surface area contributed by atoms with E-state index in [9.17, 15) is 10.5 Å². The van der Waals surface area contributed by atoms with Crippen molar-refractivity contribution in [2.75, 3.05) is 4.90 Å². The summed E-state index contributed by atoms with van der Waals surface area (Å²) in [6.07, 6.45) is 0. The number of nitriles is 2. The predicted octanol–water partition coefficient (Wildman–Crippen LogP) is 8.14. The van der Waals surface area contributed by atoms with Crippen LogP contribution in [0.3, 0.4) is 0 Å². The fourth-order valence-corrected chi connectivity index (χ4v) is 5.94. The van der Waals surface area contributed by atoms with Crippen LogP contribution in [-0.4, -0.2) is 9.97 Å². The first-order valence-electron chi connectivity index (χ1n) is 11.1. The molecule has 0 N–H and O–H groups in total. The summed E-state index contributed by atoms with van der Waals surface area (Å²) in [5, 5.41) is 24.7. The largest absolute Gasteiger partial charge is 0.453 e. The summed E-state index contributed by atoms with van der Waals surface area (Å²) in [6.45, 7) is 0. The topological polar surface area (TPSA) is 85.8 Å². The Bertz CT molecular complexity index is 1830. The number of aromatic nitrogens is 2. The zero-order chi connectivity index (χ0) is 25.1. The van der Waals surface area contributed by atoms with Crippen molar-refractivity contribution < 1.29 is 9.13 Å². The Hall–Kier alpha value is -4.57. The Morgan fingerprint density at radius 2 is 1.32 bits per heavy atom. The molecule has 0 amide bonds. The van der Waals surface area contributed by atoms with Gasteiger partial charge in [-0.25, -0.2) is 14.4 Å². The lowest BCUT2D eigenvalue weighted by molar-refractivity contribution is 0.477. The number of nitrogens with zero attached hydrogens (tertiary/aromatic N) is 5. The summed E-state index contributed by atoms with van der Waals surface area (Å²) in [5.74, 6) is 0.996. The summed E-state index contributed by atoms with van der Waals surface area (Å²) in [6, 6.07) is 22.4. The van der Waals surface area contributed by atoms with Crippen LogP contribution < -0.4 is 9.64 Å². The molecule has 1 aliphatic heterocycles. The van der Waals surface area contributed by atoms with E-state index < -0.39 is 5.82 Å². The van der Waals surface area contributed by atoms with Crippen LogP contribution in [0.2, 0.25) is 0 Å². The van der Waals surface area contributed by atoms with Gasteiger partial charge in [0.05, 0.1) is 28.5 Å². The summed E-state index contributed by atoms with van der Waals surface area (Å²) < 4.78 is 21.3. The minimum Gasteiger partial charge on any atom is -0.453 e. The monoisotopic (exact) mass is 517 g/mol. The summed E-state index contributed by atoms with van der Waals surface area (Å²) in [7, 11) is 0. The average Bonchev–Trinajstić information content (AvgIpc) is 3.21. The second-order valence-electron chi connectivity index (χ2n) is 8.30. The lowest BCUT2D eigenvalue weighted by Crippen LogP contribution is -2.16. The Morgan fingerprint density at radius 1 is 0.730 bits per heavy atom. The maximum atomic E-state index is 15.2. The van der Waals surface area contributed by atoms with Gasteiger partial charge in [0.15, 0.2) is 11.5 Å². The van der Waals surface area contributed by atoms with Crippen molar-refractivity contribution >= 4 is 51.4 Å². The van der Waals surface area contributed by atoms with E-state index in [1.807, 2.05) is 71.5 Å². The third kappa shape index (κ3) is 3.19. The van der Waals surface area contributed by atoms with Gasteiger partial charge >= 0.3 is 0 Å². The van der Waals surface area contributed by atoms with Crippen LogP contribution in [0.1, 0.15) is 0 Å². The quantitative estimate of drug-likeness (QED) is 0.171. The molecule has 1 aromatic heterocycles. The normalized spacial score (nSPS) is 12.2. The van der Waals surface area contributed by atoms with Gasteiger partial charge in [-0.15, -0.1) is 0 Å². The molecule has 4 aromatic carbocycles. The van der Waals surface area contributed by atoms with E-state index in [4.69, 9.17) is 9.72 Å². The molecule has 0 saturated heterocycles. The minimum atomic E-state index is -0.407. The van der Waals surface area contributed by atoms with E-state index >= 15 is 4.39 Å². The first kappa shape index (κ1) is 21.7. The summed E-state index contributed by atoms with van der Waals surface area (Å²) in [5.41, 5.74) is 4.95. The van der Waals surface area contributed by atoms with Gasteiger partial charge in [0.2, 0.25) is 0 Å². The molecule has 2 aliphatic rings. The first-order chi connectivity index (χ1) is 18.2. The van der Waals surface area contributed by atoms with Crippen LogP contribution in [0.25, 0.3) is 33.3 Å². The second kappa shape index (κ2) is 8.24. The summed E-state index contributed by atoms with van der Waals surface area (Å²) >= 11 is 1.69. The number of ether oxygens (including phenoxy) is 1. The highest BCUT2D eigenvalue weighted by Crippen LogP contribution is 2.55. The fourth-order valence-electron chi connectivity index (χ4n) is 4.98. The average molecular weight is 518 g/mol. The zero-order valence-corrected chi connectivity index (χ0v) is 20.4. The number of hydrogen-bond acceptors (Lipinski definition) is 8. The van der Waals surface area contributed by atoms with Gasteiger partial charge in [-0.2, -0.15) is 10.5 Å². The van der Waals surface area contributed by atoms with E-state index in [1.54, 1.807) is 0 Å². The highest BCUT2D eigenvalue weighted by atomic mass is 32.2. The van der Waals surface area contributed by atoms with Crippen LogP contribution in [0.5, 0.6) is 11.5 Å². The number of rotatable bonds is 3. The molecular weight excluding hydrogens is 505 g/mol. The Balaban J connectivity index is 1.52. The lowest BCUT2D eigenvalue weighted by Gasteiger charge is -2.33. The molecule has 0 unspecified atom stereocenters. The number of thiocyanates is 2. The number of para-hydroxylation sites is 4. The number of anilines is 3. The van der Waals surface area contributed by atoms with Crippen molar-refractivity contribution in [1.82, 2.24) is 9.97 Å². The molecule has 0 spiro atoms. The van der Waals surface area contributed by atoms with E-state index in [2.05, 4.69) is 9.88 Å². The molecule has 2 heterocycles. The van der Waals surface area contributed by atoms with Crippen molar-refractivity contribution in [2.24, 2.45) is 0 Å². The van der Waals surface area contributed by atoms with Crippen LogP contribution in [0.15, 0.2) is 82.8 Å². The number of benzene rings is 4. The molecule has 9 heteroatoms. The molecule has 1 aliphatic carbocycles. The zero-order valence-electron chi connectivity index (χ0n) is 18.8. The van der Waals surface area contributed by atoms with Crippen LogP contribution in [0, 0.1) is 27.1 Å². The number of fused-ring (bicyclic) bond motifs is 5. The molecule has 174 valence electrons. The van der Waals surface area contributed by atoms with Crippen LogP contribution >= 0.6 is 23.5 Å². The molecule has 0 bridgehead atoms. The van der Waals surface area contributed by atoms with Gasteiger partial charge in [0, 0.05) is 45.4 Å². The Labute approximate surface area is 219 Å². The van der Waals surface area contributed by atoms with Crippen molar-refractivity contribution in [3.63, 3.8) is 0 Å². The van der Waals surface area contributed by atoms with Gasteiger partial charge in [0.25, 0.3) is 0 Å². The number of thioether (sulfide) groups is 2. The SMILES string of the molecule is N#CSc1nc2c(nc1SC#N)-c1cc(F)cc3c(N4c5ccccc5Oc5ccccc54)ccc-2c13. The van der Waals surface area contributed by atoms with Gasteiger partial charge in [-0.05, 0) is 48.5 Å². The van der Waals surface area contributed by atoms with Gasteiger partial charge < -0.3 is 9.64 Å². The molecule has 0 radical (unpaired) electrons. The molecular formula is C28H12FN5OS2. The molecule has 0 fully saturated rings. The molecule has 6 nitrogen and oxygen atoms in total. The van der Waals surface area contributed by atoms with Crippen molar-refractivity contribution in [3.8, 4) is 44.8 Å². The Kier molecular flexibility index (Phi) is 4.83. The van der Waals surface area contributed by atoms with Gasteiger partial charge in [0.1, 0.15) is 26.7 Å². The number of halogens is 1. The van der Waals surface area contributed by atoms with Gasteiger partial charge in [-0.1, -0.05) is 24.3 Å². The van der Waals surface area contributed by atoms with Crippen molar-refractivity contribution in [3.05, 3.63) is 78.6 Å².